The fourth-order valence-electron chi connectivity index (χ4n) is 2.10. The molecule has 2 aromatic carbocycles. The van der Waals surface area contributed by atoms with E-state index in [4.69, 9.17) is 10.5 Å². The van der Waals surface area contributed by atoms with Crippen molar-refractivity contribution in [2.24, 2.45) is 0 Å². The molecular weight excluding hydrogens is 238 g/mol. The normalized spacial score (nSPS) is 10.6. The zero-order chi connectivity index (χ0) is 13.2. The summed E-state index contributed by atoms with van der Waals surface area (Å²) in [6.07, 6.45) is 1.76. The lowest BCUT2D eigenvalue weighted by Crippen LogP contribution is -1.94. The second kappa shape index (κ2) is 4.57. The Morgan fingerprint density at radius 3 is 2.79 bits per heavy atom. The van der Waals surface area contributed by atoms with Gasteiger partial charge in [0.2, 0.25) is 0 Å². The van der Waals surface area contributed by atoms with Crippen molar-refractivity contribution in [2.45, 2.75) is 0 Å². The van der Waals surface area contributed by atoms with Crippen LogP contribution < -0.4 is 10.5 Å². The highest BCUT2D eigenvalue weighted by molar-refractivity contribution is 5.94. The molecule has 94 valence electrons. The number of nitrogen functional groups attached to an aromatic ring is 1. The Morgan fingerprint density at radius 1 is 1.11 bits per heavy atom. The van der Waals surface area contributed by atoms with Gasteiger partial charge in [0.1, 0.15) is 11.4 Å². The predicted molar refractivity (Wildman–Crippen MR) is 75.9 cm³/mol. The van der Waals surface area contributed by atoms with E-state index in [1.54, 1.807) is 13.3 Å². The zero-order valence-electron chi connectivity index (χ0n) is 10.5. The third kappa shape index (κ3) is 1.97. The molecule has 0 saturated heterocycles. The standard InChI is InChI=1S/C15H13N3O/c1-19-14-8-10(6-7-13(14)16)15-12-5-3-2-4-11(12)9-17-18-15/h2-9H,16H2,1H3. The Bertz CT molecular complexity index is 735. The molecule has 0 amide bonds. The first-order chi connectivity index (χ1) is 9.29. The van der Waals surface area contributed by atoms with Gasteiger partial charge >= 0.3 is 0 Å². The molecule has 0 aliphatic carbocycles. The molecule has 3 rings (SSSR count). The molecule has 4 heteroatoms. The Labute approximate surface area is 110 Å². The number of hydrogen-bond donors (Lipinski definition) is 1. The van der Waals surface area contributed by atoms with Gasteiger partial charge in [0.25, 0.3) is 0 Å². The van der Waals surface area contributed by atoms with Crippen molar-refractivity contribution in [3.63, 3.8) is 0 Å². The molecule has 1 heterocycles. The average molecular weight is 251 g/mol. The van der Waals surface area contributed by atoms with Crippen LogP contribution in [-0.4, -0.2) is 17.3 Å². The van der Waals surface area contributed by atoms with Crippen molar-refractivity contribution in [1.29, 1.82) is 0 Å². The summed E-state index contributed by atoms with van der Waals surface area (Å²) < 4.78 is 5.25. The van der Waals surface area contributed by atoms with Crippen molar-refractivity contribution in [3.8, 4) is 17.0 Å². The van der Waals surface area contributed by atoms with Gasteiger partial charge in [-0.3, -0.25) is 0 Å². The van der Waals surface area contributed by atoms with Gasteiger partial charge in [-0.1, -0.05) is 30.3 Å². The lowest BCUT2D eigenvalue weighted by atomic mass is 10.0. The molecule has 4 nitrogen and oxygen atoms in total. The van der Waals surface area contributed by atoms with Gasteiger partial charge in [-0.2, -0.15) is 5.10 Å². The van der Waals surface area contributed by atoms with Crippen LogP contribution in [0.15, 0.2) is 48.7 Å². The number of aromatic nitrogens is 2. The number of rotatable bonds is 2. The smallest absolute Gasteiger partial charge is 0.142 e. The van der Waals surface area contributed by atoms with E-state index >= 15 is 0 Å². The van der Waals surface area contributed by atoms with Crippen LogP contribution in [0.3, 0.4) is 0 Å². The van der Waals surface area contributed by atoms with Crippen LogP contribution in [0.1, 0.15) is 0 Å². The van der Waals surface area contributed by atoms with E-state index < -0.39 is 0 Å². The minimum absolute atomic E-state index is 0.611. The zero-order valence-corrected chi connectivity index (χ0v) is 10.5. The molecule has 0 saturated carbocycles. The molecule has 0 spiro atoms. The molecule has 0 bridgehead atoms. The van der Waals surface area contributed by atoms with Crippen LogP contribution in [0, 0.1) is 0 Å². The molecule has 0 aliphatic rings. The highest BCUT2D eigenvalue weighted by Crippen LogP contribution is 2.31. The van der Waals surface area contributed by atoms with Gasteiger partial charge in [0.15, 0.2) is 0 Å². The van der Waals surface area contributed by atoms with E-state index in [1.807, 2.05) is 42.5 Å². The van der Waals surface area contributed by atoms with E-state index in [0.29, 0.717) is 11.4 Å². The van der Waals surface area contributed by atoms with Gasteiger partial charge < -0.3 is 10.5 Å². The molecule has 3 aromatic rings. The Hall–Kier alpha value is -2.62. The average Bonchev–Trinajstić information content (AvgIpc) is 2.47. The van der Waals surface area contributed by atoms with Gasteiger partial charge in [0.05, 0.1) is 19.0 Å². The summed E-state index contributed by atoms with van der Waals surface area (Å²) >= 11 is 0. The van der Waals surface area contributed by atoms with E-state index in [9.17, 15) is 0 Å². The first-order valence-electron chi connectivity index (χ1n) is 5.94. The Kier molecular flexibility index (Phi) is 2.76. The van der Waals surface area contributed by atoms with Gasteiger partial charge in [-0.05, 0) is 12.1 Å². The van der Waals surface area contributed by atoms with Crippen LogP contribution in [0.5, 0.6) is 5.75 Å². The summed E-state index contributed by atoms with van der Waals surface area (Å²) in [6, 6.07) is 13.6. The molecule has 19 heavy (non-hydrogen) atoms. The van der Waals surface area contributed by atoms with Gasteiger partial charge in [-0.15, -0.1) is 5.10 Å². The minimum atomic E-state index is 0.611. The second-order valence-corrected chi connectivity index (χ2v) is 4.24. The van der Waals surface area contributed by atoms with E-state index in [-0.39, 0.29) is 0 Å². The molecule has 0 unspecified atom stereocenters. The number of ether oxygens (including phenoxy) is 1. The predicted octanol–water partition coefficient (Wildman–Crippen LogP) is 2.89. The van der Waals surface area contributed by atoms with Crippen LogP contribution in [-0.2, 0) is 0 Å². The molecular formula is C15H13N3O. The molecule has 1 aromatic heterocycles. The fourth-order valence-corrected chi connectivity index (χ4v) is 2.10. The summed E-state index contributed by atoms with van der Waals surface area (Å²) in [5.74, 6) is 0.646. The lowest BCUT2D eigenvalue weighted by Gasteiger charge is -2.08. The fraction of sp³-hybridized carbons (Fsp3) is 0.0667. The van der Waals surface area contributed by atoms with Crippen molar-refractivity contribution >= 4 is 16.5 Å². The minimum Gasteiger partial charge on any atom is -0.495 e. The topological polar surface area (TPSA) is 61.0 Å². The number of fused-ring (bicyclic) bond motifs is 1. The molecule has 2 N–H and O–H groups in total. The monoisotopic (exact) mass is 251 g/mol. The highest BCUT2D eigenvalue weighted by atomic mass is 16.5. The molecule has 0 atom stereocenters. The molecule has 0 radical (unpaired) electrons. The molecule has 0 fully saturated rings. The van der Waals surface area contributed by atoms with Gasteiger partial charge in [-0.25, -0.2) is 0 Å². The highest BCUT2D eigenvalue weighted by Gasteiger charge is 2.08. The van der Waals surface area contributed by atoms with Crippen LogP contribution in [0.4, 0.5) is 5.69 Å². The lowest BCUT2D eigenvalue weighted by molar-refractivity contribution is 0.417. The number of methoxy groups -OCH3 is 1. The summed E-state index contributed by atoms with van der Waals surface area (Å²) in [5, 5.41) is 10.4. The maximum absolute atomic E-state index is 5.83. The van der Waals surface area contributed by atoms with E-state index in [1.165, 1.54) is 0 Å². The maximum Gasteiger partial charge on any atom is 0.142 e. The van der Waals surface area contributed by atoms with Crippen molar-refractivity contribution in [1.82, 2.24) is 10.2 Å². The molecule has 0 aliphatic heterocycles. The number of benzene rings is 2. The first kappa shape index (κ1) is 11.5. The summed E-state index contributed by atoms with van der Waals surface area (Å²) in [7, 11) is 1.60. The Morgan fingerprint density at radius 2 is 1.95 bits per heavy atom. The quantitative estimate of drug-likeness (QED) is 0.711. The SMILES string of the molecule is COc1cc(-c2nncc3ccccc23)ccc1N. The number of nitrogens with zero attached hydrogens (tertiary/aromatic N) is 2. The van der Waals surface area contributed by atoms with Crippen molar-refractivity contribution < 1.29 is 4.74 Å². The van der Waals surface area contributed by atoms with Gasteiger partial charge in [0, 0.05) is 16.3 Å². The summed E-state index contributed by atoms with van der Waals surface area (Å²) in [6.45, 7) is 0. The number of hydrogen-bond acceptors (Lipinski definition) is 4. The maximum atomic E-state index is 5.83. The van der Waals surface area contributed by atoms with Crippen LogP contribution >= 0.6 is 0 Å². The van der Waals surface area contributed by atoms with E-state index in [2.05, 4.69) is 10.2 Å². The van der Waals surface area contributed by atoms with Crippen molar-refractivity contribution in [2.75, 3.05) is 12.8 Å². The third-order valence-corrected chi connectivity index (χ3v) is 3.08. The van der Waals surface area contributed by atoms with Crippen LogP contribution in [0.25, 0.3) is 22.0 Å². The van der Waals surface area contributed by atoms with Crippen molar-refractivity contribution in [3.05, 3.63) is 48.7 Å². The summed E-state index contributed by atoms with van der Waals surface area (Å²) in [5.41, 5.74) is 8.21. The second-order valence-electron chi connectivity index (χ2n) is 4.24. The van der Waals surface area contributed by atoms with E-state index in [0.717, 1.165) is 22.0 Å². The number of anilines is 1. The third-order valence-electron chi connectivity index (χ3n) is 3.08. The first-order valence-corrected chi connectivity index (χ1v) is 5.94. The van der Waals surface area contributed by atoms with Crippen LogP contribution in [0.2, 0.25) is 0 Å². The summed E-state index contributed by atoms with van der Waals surface area (Å²) in [4.78, 5) is 0. The number of nitrogens with two attached hydrogens (primary N) is 1. The largest absolute Gasteiger partial charge is 0.495 e. The Balaban J connectivity index is 2.24.